The van der Waals surface area contributed by atoms with Gasteiger partial charge < -0.3 is 4.74 Å². The quantitative estimate of drug-likeness (QED) is 0.479. The van der Waals surface area contributed by atoms with Crippen LogP contribution in [0.3, 0.4) is 0 Å². The van der Waals surface area contributed by atoms with Crippen LogP contribution in [0.4, 0.5) is 5.69 Å². The molecule has 0 fully saturated rings. The number of hydrogen-bond acceptors (Lipinski definition) is 5. The Kier molecular flexibility index (Phi) is 5.64. The molecule has 2 rings (SSSR count). The molecule has 2 aromatic carbocycles. The number of nitro benzene ring substituents is 1. The first-order chi connectivity index (χ1) is 11.4. The van der Waals surface area contributed by atoms with E-state index in [4.69, 9.17) is 4.74 Å². The largest absolute Gasteiger partial charge is 0.496 e. The molecule has 1 N–H and O–H groups in total. The van der Waals surface area contributed by atoms with Crippen molar-refractivity contribution in [1.29, 1.82) is 0 Å². The van der Waals surface area contributed by atoms with Crippen molar-refractivity contribution >= 4 is 33.2 Å². The number of nitrogens with one attached hydrogen (secondary N) is 1. The van der Waals surface area contributed by atoms with Gasteiger partial charge in [0.2, 0.25) is 0 Å². The molecule has 0 bridgehead atoms. The number of carbonyl (C=O) groups is 1. The molecule has 0 unspecified atom stereocenters. The number of hydrogen-bond donors (Lipinski definition) is 1. The van der Waals surface area contributed by atoms with Crippen LogP contribution in [0.25, 0.3) is 0 Å². The van der Waals surface area contributed by atoms with Crippen molar-refractivity contribution in [3.8, 4) is 5.75 Å². The van der Waals surface area contributed by atoms with Gasteiger partial charge in [-0.3, -0.25) is 14.9 Å². The van der Waals surface area contributed by atoms with E-state index < -0.39 is 10.8 Å². The van der Waals surface area contributed by atoms with Crippen LogP contribution in [-0.2, 0) is 0 Å². The zero-order valence-corrected chi connectivity index (χ0v) is 14.5. The van der Waals surface area contributed by atoms with Crippen molar-refractivity contribution in [2.24, 2.45) is 5.10 Å². The Morgan fingerprint density at radius 2 is 2.00 bits per heavy atom. The Balaban J connectivity index is 2.14. The minimum Gasteiger partial charge on any atom is -0.496 e. The highest BCUT2D eigenvalue weighted by atomic mass is 79.9. The van der Waals surface area contributed by atoms with Crippen molar-refractivity contribution in [2.45, 2.75) is 6.92 Å². The Morgan fingerprint density at radius 3 is 2.62 bits per heavy atom. The van der Waals surface area contributed by atoms with Crippen LogP contribution in [-0.4, -0.2) is 23.7 Å². The predicted octanol–water partition coefficient (Wildman–Crippen LogP) is 3.52. The van der Waals surface area contributed by atoms with Crippen LogP contribution in [0.5, 0.6) is 5.75 Å². The van der Waals surface area contributed by atoms with Crippen molar-refractivity contribution < 1.29 is 14.5 Å². The van der Waals surface area contributed by atoms with Gasteiger partial charge in [0.15, 0.2) is 0 Å². The highest BCUT2D eigenvalue weighted by Crippen LogP contribution is 2.25. The van der Waals surface area contributed by atoms with E-state index in [9.17, 15) is 14.9 Å². The van der Waals surface area contributed by atoms with Crippen molar-refractivity contribution in [3.05, 3.63) is 68.2 Å². The minimum atomic E-state index is -0.482. The van der Waals surface area contributed by atoms with Crippen LogP contribution in [0.1, 0.15) is 22.8 Å². The van der Waals surface area contributed by atoms with E-state index in [1.165, 1.54) is 19.2 Å². The van der Waals surface area contributed by atoms with Gasteiger partial charge in [0.1, 0.15) is 5.75 Å². The maximum absolute atomic E-state index is 12.1. The summed E-state index contributed by atoms with van der Waals surface area (Å²) in [4.78, 5) is 22.4. The van der Waals surface area contributed by atoms with Gasteiger partial charge >= 0.3 is 0 Å². The zero-order chi connectivity index (χ0) is 17.7. The number of rotatable bonds is 5. The topological polar surface area (TPSA) is 93.8 Å². The van der Waals surface area contributed by atoms with Gasteiger partial charge in [0.25, 0.3) is 11.6 Å². The van der Waals surface area contributed by atoms with Gasteiger partial charge in [-0.05, 0) is 41.1 Å². The summed E-state index contributed by atoms with van der Waals surface area (Å²) in [5.41, 5.74) is 3.81. The van der Waals surface area contributed by atoms with Crippen molar-refractivity contribution in [1.82, 2.24) is 5.43 Å². The van der Waals surface area contributed by atoms with Crippen LogP contribution in [0.15, 0.2) is 52.0 Å². The molecule has 2 aromatic rings. The summed E-state index contributed by atoms with van der Waals surface area (Å²) in [6.07, 6.45) is 0. The fourth-order valence-corrected chi connectivity index (χ4v) is 2.46. The first-order valence-corrected chi connectivity index (χ1v) is 7.64. The van der Waals surface area contributed by atoms with Gasteiger partial charge in [0, 0.05) is 23.3 Å². The van der Waals surface area contributed by atoms with Crippen molar-refractivity contribution in [3.63, 3.8) is 0 Å². The summed E-state index contributed by atoms with van der Waals surface area (Å²) >= 11 is 3.31. The van der Waals surface area contributed by atoms with E-state index in [1.54, 1.807) is 37.3 Å². The molecule has 0 saturated heterocycles. The summed E-state index contributed by atoms with van der Waals surface area (Å²) in [6.45, 7) is 1.66. The summed E-state index contributed by atoms with van der Waals surface area (Å²) in [7, 11) is 1.53. The van der Waals surface area contributed by atoms with Crippen LogP contribution in [0.2, 0.25) is 0 Å². The Labute approximate surface area is 146 Å². The second kappa shape index (κ2) is 7.69. The molecule has 24 heavy (non-hydrogen) atoms. The third-order valence-electron chi connectivity index (χ3n) is 3.21. The van der Waals surface area contributed by atoms with Gasteiger partial charge in [-0.15, -0.1) is 0 Å². The predicted molar refractivity (Wildman–Crippen MR) is 93.5 cm³/mol. The molecule has 7 nitrogen and oxygen atoms in total. The fraction of sp³-hybridized carbons (Fsp3) is 0.125. The number of amides is 1. The molecule has 0 aromatic heterocycles. The number of ether oxygens (including phenoxy) is 1. The van der Waals surface area contributed by atoms with Crippen LogP contribution in [0, 0.1) is 10.1 Å². The van der Waals surface area contributed by atoms with E-state index in [0.29, 0.717) is 27.1 Å². The SMILES string of the molecule is COc1ccc(C(=O)N/N=C(\C)c2cccc([N+](=O)[O-])c2)cc1Br. The summed E-state index contributed by atoms with van der Waals surface area (Å²) in [5, 5.41) is 14.8. The number of nitrogens with zero attached hydrogens (tertiary/aromatic N) is 2. The summed E-state index contributed by atoms with van der Waals surface area (Å²) in [5.74, 6) is 0.214. The second-order valence-corrected chi connectivity index (χ2v) is 5.65. The summed E-state index contributed by atoms with van der Waals surface area (Å²) < 4.78 is 5.76. The molecule has 8 heteroatoms. The Hall–Kier alpha value is -2.74. The van der Waals surface area contributed by atoms with Crippen molar-refractivity contribution in [2.75, 3.05) is 7.11 Å². The molecular formula is C16H14BrN3O4. The molecule has 0 atom stereocenters. The number of hydrazone groups is 1. The number of non-ortho nitro benzene ring substituents is 1. The lowest BCUT2D eigenvalue weighted by atomic mass is 10.1. The van der Waals surface area contributed by atoms with Crippen LogP contribution >= 0.6 is 15.9 Å². The fourth-order valence-electron chi connectivity index (χ4n) is 1.92. The standard InChI is InChI=1S/C16H14BrN3O4/c1-10(11-4-3-5-13(8-11)20(22)23)18-19-16(21)12-6-7-15(24-2)14(17)9-12/h3-9H,1-2H3,(H,19,21)/b18-10+. The first kappa shape index (κ1) is 17.6. The molecule has 0 aliphatic rings. The molecule has 0 radical (unpaired) electrons. The maximum atomic E-state index is 12.1. The lowest BCUT2D eigenvalue weighted by molar-refractivity contribution is -0.384. The zero-order valence-electron chi connectivity index (χ0n) is 12.9. The van der Waals surface area contributed by atoms with E-state index in [2.05, 4.69) is 26.5 Å². The Bertz CT molecular complexity index is 821. The highest BCUT2D eigenvalue weighted by Gasteiger charge is 2.10. The Morgan fingerprint density at radius 1 is 1.25 bits per heavy atom. The average Bonchev–Trinajstić information content (AvgIpc) is 2.59. The smallest absolute Gasteiger partial charge is 0.271 e. The number of carbonyl (C=O) groups excluding carboxylic acids is 1. The molecule has 0 aliphatic carbocycles. The molecule has 0 aliphatic heterocycles. The van der Waals surface area contributed by atoms with Gasteiger partial charge in [-0.25, -0.2) is 5.43 Å². The van der Waals surface area contributed by atoms with E-state index >= 15 is 0 Å². The van der Waals surface area contributed by atoms with E-state index in [0.717, 1.165) is 0 Å². The van der Waals surface area contributed by atoms with E-state index in [-0.39, 0.29) is 5.69 Å². The first-order valence-electron chi connectivity index (χ1n) is 6.85. The molecule has 1 amide bonds. The monoisotopic (exact) mass is 391 g/mol. The molecule has 0 heterocycles. The van der Waals surface area contributed by atoms with Gasteiger partial charge in [0.05, 0.1) is 22.2 Å². The lowest BCUT2D eigenvalue weighted by Gasteiger charge is -2.06. The van der Waals surface area contributed by atoms with Gasteiger partial charge in [-0.2, -0.15) is 5.10 Å². The molecule has 0 saturated carbocycles. The highest BCUT2D eigenvalue weighted by molar-refractivity contribution is 9.10. The molecule has 0 spiro atoms. The number of benzene rings is 2. The number of methoxy groups -OCH3 is 1. The van der Waals surface area contributed by atoms with E-state index in [1.807, 2.05) is 0 Å². The van der Waals surface area contributed by atoms with Crippen LogP contribution < -0.4 is 10.2 Å². The molecular weight excluding hydrogens is 378 g/mol. The average molecular weight is 392 g/mol. The third kappa shape index (κ3) is 4.17. The third-order valence-corrected chi connectivity index (χ3v) is 3.83. The normalized spacial score (nSPS) is 11.0. The summed E-state index contributed by atoms with van der Waals surface area (Å²) in [6, 6.07) is 10.9. The molecule has 124 valence electrons. The lowest BCUT2D eigenvalue weighted by Crippen LogP contribution is -2.19. The number of nitro groups is 1. The second-order valence-electron chi connectivity index (χ2n) is 4.79. The number of halogens is 1. The van der Waals surface area contributed by atoms with Gasteiger partial charge in [-0.1, -0.05) is 12.1 Å². The minimum absolute atomic E-state index is 0.0348. The maximum Gasteiger partial charge on any atom is 0.271 e.